The summed E-state index contributed by atoms with van der Waals surface area (Å²) in [5.74, 6) is 0.176. The Labute approximate surface area is 213 Å². The Bertz CT molecular complexity index is 1380. The fourth-order valence-corrected chi connectivity index (χ4v) is 6.65. The smallest absolute Gasteiger partial charge is 0.291 e. The molecule has 0 unspecified atom stereocenters. The van der Waals surface area contributed by atoms with E-state index in [9.17, 15) is 17.2 Å². The monoisotopic (exact) mass is 563 g/mol. The van der Waals surface area contributed by atoms with Crippen LogP contribution in [0.4, 0.5) is 8.78 Å². The Hall–Kier alpha value is -1.51. The molecule has 3 heterocycles. The predicted molar refractivity (Wildman–Crippen MR) is 134 cm³/mol. The van der Waals surface area contributed by atoms with Gasteiger partial charge in [0.2, 0.25) is 10.0 Å². The van der Waals surface area contributed by atoms with Crippen molar-refractivity contribution in [3.63, 3.8) is 0 Å². The van der Waals surface area contributed by atoms with Crippen LogP contribution >= 0.6 is 22.9 Å². The highest BCUT2D eigenvalue weighted by atomic mass is 35.5. The standard InChI is InChI=1S/C21H28ClF2N5O3S2Si/c1-20(2,3)35(5,6)32-11-14-15-13(22)9-12(34(30,31)28-21(4)7-8-21)10-29(15)17(25-14)19-27-26-18(33-19)16(23)24/h9-10,16,28H,7-8,11H2,1-6H3. The van der Waals surface area contributed by atoms with Crippen molar-refractivity contribution in [3.8, 4) is 10.8 Å². The van der Waals surface area contributed by atoms with Gasteiger partial charge in [0, 0.05) is 11.7 Å². The Morgan fingerprint density at radius 3 is 2.51 bits per heavy atom. The van der Waals surface area contributed by atoms with Crippen molar-refractivity contribution < 1.29 is 21.6 Å². The second kappa shape index (κ2) is 8.80. The third-order valence-electron chi connectivity index (χ3n) is 6.62. The quantitative estimate of drug-likeness (QED) is 0.348. The first kappa shape index (κ1) is 26.5. The van der Waals surface area contributed by atoms with Crippen molar-refractivity contribution in [3.05, 3.63) is 28.0 Å². The van der Waals surface area contributed by atoms with Crippen LogP contribution in [0.2, 0.25) is 23.2 Å². The second-order valence-electron chi connectivity index (χ2n) is 10.6. The topological polar surface area (TPSA) is 98.5 Å². The first-order chi connectivity index (χ1) is 16.0. The minimum absolute atomic E-state index is 0.0492. The summed E-state index contributed by atoms with van der Waals surface area (Å²) in [4.78, 5) is 4.55. The van der Waals surface area contributed by atoms with E-state index in [0.29, 0.717) is 22.5 Å². The van der Waals surface area contributed by atoms with Gasteiger partial charge >= 0.3 is 0 Å². The highest BCUT2D eigenvalue weighted by Gasteiger charge is 2.42. The molecule has 0 saturated heterocycles. The van der Waals surface area contributed by atoms with Crippen LogP contribution in [0.5, 0.6) is 0 Å². The van der Waals surface area contributed by atoms with E-state index in [1.165, 1.54) is 16.7 Å². The van der Waals surface area contributed by atoms with Gasteiger partial charge in [0.1, 0.15) is 4.90 Å². The zero-order chi connectivity index (χ0) is 26.0. The fourth-order valence-electron chi connectivity index (χ4n) is 3.17. The first-order valence-corrected chi connectivity index (χ1v) is 16.6. The number of hydrogen-bond acceptors (Lipinski definition) is 7. The molecular weight excluding hydrogens is 536 g/mol. The van der Waals surface area contributed by atoms with Gasteiger partial charge in [0.15, 0.2) is 24.2 Å². The lowest BCUT2D eigenvalue weighted by Crippen LogP contribution is -2.40. The average Bonchev–Trinajstić information content (AvgIpc) is 3.14. The SMILES string of the molecule is CC1(NS(=O)(=O)c2cc(Cl)c3c(CO[Si](C)(C)C(C)(C)C)nc(-c4nnc(C(F)F)s4)n3c2)CC1. The molecule has 3 aromatic rings. The maximum atomic E-state index is 13.2. The minimum atomic E-state index is -3.88. The van der Waals surface area contributed by atoms with Gasteiger partial charge in [-0.1, -0.05) is 43.7 Å². The van der Waals surface area contributed by atoms with Crippen molar-refractivity contribution in [2.45, 2.75) is 82.1 Å². The lowest BCUT2D eigenvalue weighted by molar-refractivity contribution is 0.150. The summed E-state index contributed by atoms with van der Waals surface area (Å²) in [6.45, 7) is 12.5. The van der Waals surface area contributed by atoms with Gasteiger partial charge in [0.25, 0.3) is 6.43 Å². The highest BCUT2D eigenvalue weighted by Crippen LogP contribution is 2.39. The number of sulfonamides is 1. The third kappa shape index (κ3) is 5.30. The summed E-state index contributed by atoms with van der Waals surface area (Å²) in [6, 6.07) is 1.37. The van der Waals surface area contributed by atoms with Gasteiger partial charge in [0.05, 0.1) is 22.8 Å². The summed E-state index contributed by atoms with van der Waals surface area (Å²) in [5.41, 5.74) is 0.423. The Morgan fingerprint density at radius 2 is 1.97 bits per heavy atom. The molecule has 1 saturated carbocycles. The molecule has 1 aliphatic rings. The maximum absolute atomic E-state index is 13.2. The molecule has 8 nitrogen and oxygen atoms in total. The normalized spacial score (nSPS) is 16.4. The lowest BCUT2D eigenvalue weighted by atomic mass is 10.2. The molecule has 14 heteroatoms. The van der Waals surface area contributed by atoms with Crippen molar-refractivity contribution in [2.75, 3.05) is 0 Å². The van der Waals surface area contributed by atoms with Crippen LogP contribution in [0.3, 0.4) is 0 Å². The van der Waals surface area contributed by atoms with Crippen LogP contribution in [0.25, 0.3) is 16.3 Å². The van der Waals surface area contributed by atoms with E-state index in [-0.39, 0.29) is 32.4 Å². The molecule has 0 bridgehead atoms. The van der Waals surface area contributed by atoms with Crippen molar-refractivity contribution >= 4 is 46.8 Å². The number of halogens is 3. The Balaban J connectivity index is 1.84. The first-order valence-electron chi connectivity index (χ1n) is 11.0. The number of alkyl halides is 2. The summed E-state index contributed by atoms with van der Waals surface area (Å²) >= 11 is 7.30. The number of aromatic nitrogens is 4. The highest BCUT2D eigenvalue weighted by molar-refractivity contribution is 7.89. The van der Waals surface area contributed by atoms with E-state index < -0.39 is 35.3 Å². The molecule has 0 spiro atoms. The lowest BCUT2D eigenvalue weighted by Gasteiger charge is -2.35. The average molecular weight is 564 g/mol. The van der Waals surface area contributed by atoms with Gasteiger partial charge in [-0.25, -0.2) is 26.9 Å². The summed E-state index contributed by atoms with van der Waals surface area (Å²) in [7, 11) is -6.04. The number of rotatable bonds is 8. The van der Waals surface area contributed by atoms with Crippen LogP contribution in [0.15, 0.2) is 17.2 Å². The molecule has 0 radical (unpaired) electrons. The molecule has 0 aromatic carbocycles. The number of fused-ring (bicyclic) bond motifs is 1. The van der Waals surface area contributed by atoms with E-state index in [1.54, 1.807) is 0 Å². The Kier molecular flexibility index (Phi) is 6.68. The van der Waals surface area contributed by atoms with E-state index in [2.05, 4.69) is 53.8 Å². The molecular formula is C21H28ClF2N5O3S2Si. The zero-order valence-electron chi connectivity index (χ0n) is 20.3. The summed E-state index contributed by atoms with van der Waals surface area (Å²) in [6.07, 6.45) is 0.0945. The number of imidazole rings is 1. The molecule has 1 fully saturated rings. The largest absolute Gasteiger partial charge is 0.411 e. The van der Waals surface area contributed by atoms with Crippen LogP contribution in [0.1, 0.15) is 57.7 Å². The van der Waals surface area contributed by atoms with Gasteiger partial charge in [-0.3, -0.25) is 4.40 Å². The number of pyridine rings is 1. The number of nitrogens with one attached hydrogen (secondary N) is 1. The molecule has 4 rings (SSSR count). The predicted octanol–water partition coefficient (Wildman–Crippen LogP) is 5.80. The number of hydrogen-bond donors (Lipinski definition) is 1. The molecule has 0 atom stereocenters. The second-order valence-corrected chi connectivity index (χ2v) is 18.5. The zero-order valence-corrected chi connectivity index (χ0v) is 23.7. The van der Waals surface area contributed by atoms with Crippen LogP contribution < -0.4 is 4.72 Å². The van der Waals surface area contributed by atoms with Crippen LogP contribution in [-0.2, 0) is 21.1 Å². The van der Waals surface area contributed by atoms with Gasteiger partial charge in [-0.15, -0.1) is 10.2 Å². The fraction of sp³-hybridized carbons (Fsp3) is 0.571. The molecule has 192 valence electrons. The van der Waals surface area contributed by atoms with Gasteiger partial charge < -0.3 is 4.43 Å². The van der Waals surface area contributed by atoms with Crippen LogP contribution in [-0.4, -0.2) is 41.9 Å². The van der Waals surface area contributed by atoms with Gasteiger partial charge in [-0.2, -0.15) is 0 Å². The number of nitrogens with zero attached hydrogens (tertiary/aromatic N) is 4. The third-order valence-corrected chi connectivity index (χ3v) is 13.9. The molecule has 1 N–H and O–H groups in total. The van der Waals surface area contributed by atoms with Gasteiger partial charge in [-0.05, 0) is 44.0 Å². The van der Waals surface area contributed by atoms with Crippen molar-refractivity contribution in [1.82, 2.24) is 24.3 Å². The van der Waals surface area contributed by atoms with E-state index in [0.717, 1.165) is 12.8 Å². The summed E-state index contributed by atoms with van der Waals surface area (Å²) in [5, 5.41) is 7.21. The van der Waals surface area contributed by atoms with E-state index >= 15 is 0 Å². The summed E-state index contributed by atoms with van der Waals surface area (Å²) < 4.78 is 63.0. The van der Waals surface area contributed by atoms with Crippen molar-refractivity contribution in [2.24, 2.45) is 0 Å². The van der Waals surface area contributed by atoms with E-state index in [4.69, 9.17) is 16.0 Å². The minimum Gasteiger partial charge on any atom is -0.411 e. The van der Waals surface area contributed by atoms with E-state index in [1.807, 2.05) is 6.92 Å². The molecule has 1 aliphatic carbocycles. The maximum Gasteiger partial charge on any atom is 0.291 e. The molecule has 35 heavy (non-hydrogen) atoms. The Morgan fingerprint density at radius 1 is 1.31 bits per heavy atom. The van der Waals surface area contributed by atoms with Crippen molar-refractivity contribution in [1.29, 1.82) is 0 Å². The van der Waals surface area contributed by atoms with Crippen LogP contribution in [0, 0.1) is 0 Å². The molecule has 0 aliphatic heterocycles. The molecule has 0 amide bonds. The molecule has 3 aromatic heterocycles.